The second-order valence-corrected chi connectivity index (χ2v) is 8.94. The van der Waals surface area contributed by atoms with Crippen molar-refractivity contribution in [3.05, 3.63) is 34.9 Å². The SMILES string of the molecule is CN1C[C@H]2CN(S(=O)(=O)Cc3cccc(Cl)c3)C[C@@]2(C(=O)O)C1. The first kappa shape index (κ1) is 16.7. The summed E-state index contributed by atoms with van der Waals surface area (Å²) in [4.78, 5) is 13.7. The number of halogens is 1. The molecule has 2 saturated heterocycles. The second-order valence-electron chi connectivity index (χ2n) is 6.53. The molecule has 0 aromatic heterocycles. The molecule has 1 aromatic carbocycles. The van der Waals surface area contributed by atoms with Crippen molar-refractivity contribution in [1.82, 2.24) is 9.21 Å². The molecule has 8 heteroatoms. The van der Waals surface area contributed by atoms with Crippen molar-refractivity contribution in [2.45, 2.75) is 5.75 Å². The van der Waals surface area contributed by atoms with E-state index in [2.05, 4.69) is 0 Å². The van der Waals surface area contributed by atoms with Crippen LogP contribution in [0.25, 0.3) is 0 Å². The van der Waals surface area contributed by atoms with Crippen LogP contribution in [0.3, 0.4) is 0 Å². The van der Waals surface area contributed by atoms with Gasteiger partial charge in [0.1, 0.15) is 0 Å². The Hall–Kier alpha value is -1.15. The van der Waals surface area contributed by atoms with Gasteiger partial charge in [-0.05, 0) is 24.7 Å². The highest BCUT2D eigenvalue weighted by Gasteiger charge is 2.58. The summed E-state index contributed by atoms with van der Waals surface area (Å²) in [6, 6.07) is 6.73. The molecule has 1 aromatic rings. The first-order valence-corrected chi connectivity index (χ1v) is 9.36. The second kappa shape index (κ2) is 5.73. The van der Waals surface area contributed by atoms with Crippen molar-refractivity contribution in [1.29, 1.82) is 0 Å². The van der Waals surface area contributed by atoms with Crippen molar-refractivity contribution < 1.29 is 18.3 Å². The highest BCUT2D eigenvalue weighted by atomic mass is 35.5. The van der Waals surface area contributed by atoms with E-state index in [1.54, 1.807) is 24.3 Å². The highest BCUT2D eigenvalue weighted by Crippen LogP contribution is 2.43. The average Bonchev–Trinajstić information content (AvgIpc) is 2.92. The van der Waals surface area contributed by atoms with Gasteiger partial charge in [0.15, 0.2) is 0 Å². The lowest BCUT2D eigenvalue weighted by molar-refractivity contribution is -0.148. The number of fused-ring (bicyclic) bond motifs is 1. The van der Waals surface area contributed by atoms with Crippen LogP contribution >= 0.6 is 11.6 Å². The van der Waals surface area contributed by atoms with Crippen molar-refractivity contribution in [3.8, 4) is 0 Å². The van der Waals surface area contributed by atoms with Gasteiger partial charge in [-0.3, -0.25) is 4.79 Å². The van der Waals surface area contributed by atoms with E-state index in [9.17, 15) is 18.3 Å². The molecule has 1 N–H and O–H groups in total. The number of likely N-dealkylation sites (tertiary alicyclic amines) is 1. The van der Waals surface area contributed by atoms with Gasteiger partial charge in [0.2, 0.25) is 10.0 Å². The fourth-order valence-corrected chi connectivity index (χ4v) is 5.54. The summed E-state index contributed by atoms with van der Waals surface area (Å²) in [6.07, 6.45) is 0. The number of sulfonamides is 1. The summed E-state index contributed by atoms with van der Waals surface area (Å²) in [5, 5.41) is 10.1. The maximum absolute atomic E-state index is 12.7. The largest absolute Gasteiger partial charge is 0.481 e. The fourth-order valence-electron chi connectivity index (χ4n) is 3.71. The van der Waals surface area contributed by atoms with Gasteiger partial charge in [0.05, 0.1) is 11.2 Å². The van der Waals surface area contributed by atoms with E-state index < -0.39 is 21.4 Å². The van der Waals surface area contributed by atoms with Gasteiger partial charge < -0.3 is 10.0 Å². The van der Waals surface area contributed by atoms with E-state index in [-0.39, 0.29) is 24.8 Å². The molecule has 0 spiro atoms. The van der Waals surface area contributed by atoms with Crippen molar-refractivity contribution in [3.63, 3.8) is 0 Å². The highest BCUT2D eigenvalue weighted by molar-refractivity contribution is 7.88. The maximum atomic E-state index is 12.7. The normalized spacial score (nSPS) is 28.9. The number of carboxylic acids is 1. The van der Waals surface area contributed by atoms with Crippen LogP contribution in [-0.2, 0) is 20.6 Å². The van der Waals surface area contributed by atoms with Crippen LogP contribution < -0.4 is 0 Å². The summed E-state index contributed by atoms with van der Waals surface area (Å²) in [6.45, 7) is 1.30. The van der Waals surface area contributed by atoms with Crippen LogP contribution in [0.2, 0.25) is 5.02 Å². The monoisotopic (exact) mass is 358 g/mol. The minimum Gasteiger partial charge on any atom is -0.481 e. The van der Waals surface area contributed by atoms with Crippen LogP contribution in [0, 0.1) is 11.3 Å². The molecule has 0 radical (unpaired) electrons. The average molecular weight is 359 g/mol. The Labute approximate surface area is 140 Å². The Morgan fingerprint density at radius 2 is 2.13 bits per heavy atom. The molecule has 0 unspecified atom stereocenters. The molecule has 126 valence electrons. The molecule has 6 nitrogen and oxygen atoms in total. The lowest BCUT2D eigenvalue weighted by atomic mass is 9.81. The molecule has 0 amide bonds. The van der Waals surface area contributed by atoms with Crippen LogP contribution in [0.1, 0.15) is 5.56 Å². The predicted molar refractivity (Wildman–Crippen MR) is 86.7 cm³/mol. The Balaban J connectivity index is 1.82. The Morgan fingerprint density at radius 3 is 2.74 bits per heavy atom. The summed E-state index contributed by atoms with van der Waals surface area (Å²) >= 11 is 5.90. The molecule has 2 aliphatic heterocycles. The molecular formula is C15H19ClN2O4S. The Bertz CT molecular complexity index is 739. The molecule has 0 saturated carbocycles. The third kappa shape index (κ3) is 2.98. The Morgan fingerprint density at radius 1 is 1.39 bits per heavy atom. The zero-order valence-corrected chi connectivity index (χ0v) is 14.3. The van der Waals surface area contributed by atoms with Gasteiger partial charge in [0.25, 0.3) is 0 Å². The summed E-state index contributed by atoms with van der Waals surface area (Å²) in [5.41, 5.74) is -0.382. The van der Waals surface area contributed by atoms with Gasteiger partial charge in [-0.2, -0.15) is 0 Å². The van der Waals surface area contributed by atoms with Crippen molar-refractivity contribution in [2.75, 3.05) is 33.2 Å². The van der Waals surface area contributed by atoms with Gasteiger partial charge in [0, 0.05) is 37.1 Å². The van der Waals surface area contributed by atoms with E-state index in [0.29, 0.717) is 23.7 Å². The van der Waals surface area contributed by atoms with E-state index in [0.717, 1.165) is 0 Å². The van der Waals surface area contributed by atoms with E-state index >= 15 is 0 Å². The van der Waals surface area contributed by atoms with Crippen LogP contribution in [0.15, 0.2) is 24.3 Å². The smallest absolute Gasteiger partial charge is 0.312 e. The minimum absolute atomic E-state index is 0.0419. The number of benzene rings is 1. The summed E-state index contributed by atoms with van der Waals surface area (Å²) < 4.78 is 26.7. The molecule has 2 fully saturated rings. The minimum atomic E-state index is -3.57. The molecule has 2 atom stereocenters. The molecule has 2 heterocycles. The number of hydrogen-bond acceptors (Lipinski definition) is 4. The maximum Gasteiger partial charge on any atom is 0.312 e. The summed E-state index contributed by atoms with van der Waals surface area (Å²) in [5.74, 6) is -1.24. The fraction of sp³-hybridized carbons (Fsp3) is 0.533. The van der Waals surface area contributed by atoms with Crippen LogP contribution in [0.5, 0.6) is 0 Å². The topological polar surface area (TPSA) is 77.9 Å². The number of carboxylic acid groups (broad SMARTS) is 1. The zero-order valence-electron chi connectivity index (χ0n) is 12.8. The number of carbonyl (C=O) groups is 1. The van der Waals surface area contributed by atoms with E-state index in [1.165, 1.54) is 4.31 Å². The zero-order chi connectivity index (χ0) is 16.8. The number of aliphatic carboxylic acids is 1. The lowest BCUT2D eigenvalue weighted by Gasteiger charge is -2.24. The lowest BCUT2D eigenvalue weighted by Crippen LogP contribution is -2.41. The van der Waals surface area contributed by atoms with Gasteiger partial charge in [-0.15, -0.1) is 0 Å². The Kier molecular flexibility index (Phi) is 4.16. The third-order valence-corrected chi connectivity index (χ3v) is 6.80. The first-order valence-electron chi connectivity index (χ1n) is 7.37. The predicted octanol–water partition coefficient (Wildman–Crippen LogP) is 1.12. The van der Waals surface area contributed by atoms with E-state index in [1.807, 2.05) is 11.9 Å². The van der Waals surface area contributed by atoms with Crippen LogP contribution in [0.4, 0.5) is 0 Å². The molecule has 0 bridgehead atoms. The molecule has 2 aliphatic rings. The van der Waals surface area contributed by atoms with Gasteiger partial charge in [-0.1, -0.05) is 23.7 Å². The van der Waals surface area contributed by atoms with Crippen molar-refractivity contribution >= 4 is 27.6 Å². The number of rotatable bonds is 4. The quantitative estimate of drug-likeness (QED) is 0.872. The summed E-state index contributed by atoms with van der Waals surface area (Å²) in [7, 11) is -1.70. The molecular weight excluding hydrogens is 340 g/mol. The molecule has 0 aliphatic carbocycles. The molecule has 23 heavy (non-hydrogen) atoms. The number of hydrogen-bond donors (Lipinski definition) is 1. The first-order chi connectivity index (χ1) is 10.7. The van der Waals surface area contributed by atoms with Gasteiger partial charge in [-0.25, -0.2) is 12.7 Å². The standard InChI is InChI=1S/C15H19ClN2O4S/c1-17-6-12-7-18(10-15(12,9-17)14(19)20)23(21,22)8-11-3-2-4-13(16)5-11/h2-5,12H,6-10H2,1H3,(H,19,20)/t12-,15-/m0/s1. The van der Waals surface area contributed by atoms with Crippen molar-refractivity contribution in [2.24, 2.45) is 11.3 Å². The van der Waals surface area contributed by atoms with E-state index in [4.69, 9.17) is 11.6 Å². The third-order valence-electron chi connectivity index (χ3n) is 4.81. The van der Waals surface area contributed by atoms with Gasteiger partial charge >= 0.3 is 5.97 Å². The number of nitrogens with zero attached hydrogens (tertiary/aromatic N) is 2. The van der Waals surface area contributed by atoms with Crippen LogP contribution in [-0.4, -0.2) is 61.9 Å². The molecule has 3 rings (SSSR count).